The number of methoxy groups -OCH3 is 1. The second-order valence-electron chi connectivity index (χ2n) is 9.08. The Morgan fingerprint density at radius 3 is 2.70 bits per heavy atom. The molecule has 0 bridgehead atoms. The van der Waals surface area contributed by atoms with Crippen LogP contribution in [0.2, 0.25) is 0 Å². The molecule has 8 heteroatoms. The number of hydrogen-bond acceptors (Lipinski definition) is 5. The number of aromatic nitrogens is 2. The minimum Gasteiger partial charge on any atom is -0.385 e. The molecule has 8 nitrogen and oxygen atoms in total. The normalized spacial score (nSPS) is 17.3. The van der Waals surface area contributed by atoms with Crippen molar-refractivity contribution in [2.24, 2.45) is 5.92 Å². The minimum atomic E-state index is -0.0653. The van der Waals surface area contributed by atoms with Gasteiger partial charge in [-0.3, -0.25) is 19.0 Å². The molecule has 1 N–H and O–H groups in total. The van der Waals surface area contributed by atoms with Gasteiger partial charge in [0.2, 0.25) is 5.91 Å². The van der Waals surface area contributed by atoms with Gasteiger partial charge in [0.25, 0.3) is 11.5 Å². The molecule has 0 aliphatic carbocycles. The first-order valence-corrected chi connectivity index (χ1v) is 12.2. The fourth-order valence-electron chi connectivity index (χ4n) is 4.83. The molecule has 4 rings (SSSR count). The first-order valence-electron chi connectivity index (χ1n) is 12.2. The zero-order valence-electron chi connectivity index (χ0n) is 19.5. The highest BCUT2D eigenvalue weighted by atomic mass is 16.5. The van der Waals surface area contributed by atoms with Crippen LogP contribution in [0.1, 0.15) is 61.1 Å². The van der Waals surface area contributed by atoms with Crippen molar-refractivity contribution < 1.29 is 14.3 Å². The van der Waals surface area contributed by atoms with E-state index in [1.54, 1.807) is 30.2 Å². The van der Waals surface area contributed by atoms with Gasteiger partial charge in [-0.15, -0.1) is 0 Å². The van der Waals surface area contributed by atoms with E-state index in [2.05, 4.69) is 5.32 Å². The number of rotatable bonds is 6. The predicted molar refractivity (Wildman–Crippen MR) is 126 cm³/mol. The van der Waals surface area contributed by atoms with Crippen LogP contribution in [0.3, 0.4) is 0 Å². The van der Waals surface area contributed by atoms with Crippen molar-refractivity contribution in [3.05, 3.63) is 39.9 Å². The zero-order chi connectivity index (χ0) is 23.2. The molecule has 2 aliphatic heterocycles. The van der Waals surface area contributed by atoms with E-state index in [4.69, 9.17) is 9.72 Å². The minimum absolute atomic E-state index is 0.00627. The van der Waals surface area contributed by atoms with Crippen LogP contribution in [0.4, 0.5) is 0 Å². The van der Waals surface area contributed by atoms with Crippen LogP contribution in [0, 0.1) is 5.92 Å². The van der Waals surface area contributed by atoms with Crippen LogP contribution in [0.5, 0.6) is 0 Å². The van der Waals surface area contributed by atoms with E-state index in [1.165, 1.54) is 0 Å². The van der Waals surface area contributed by atoms with Crippen LogP contribution in [0.25, 0.3) is 10.9 Å². The van der Waals surface area contributed by atoms with Gasteiger partial charge in [0.05, 0.1) is 10.9 Å². The zero-order valence-corrected chi connectivity index (χ0v) is 19.5. The van der Waals surface area contributed by atoms with Crippen LogP contribution < -0.4 is 10.9 Å². The highest BCUT2D eigenvalue weighted by Gasteiger charge is 2.28. The standard InChI is InChI=1S/C25H34N4O4/c1-33-16-6-12-26-23(30)18-10-14-28(15-11-18)24(31)19-8-9-20-21(17-19)27-22-7-4-2-3-5-13-29(22)25(20)32/h8-9,17-18H,2-7,10-16H2,1H3,(H,26,30). The monoisotopic (exact) mass is 454 g/mol. The molecule has 33 heavy (non-hydrogen) atoms. The Balaban J connectivity index is 1.43. The fraction of sp³-hybridized carbons (Fsp3) is 0.600. The molecule has 3 heterocycles. The summed E-state index contributed by atoms with van der Waals surface area (Å²) in [7, 11) is 1.65. The van der Waals surface area contributed by atoms with E-state index in [0.717, 1.165) is 44.3 Å². The van der Waals surface area contributed by atoms with Crippen molar-refractivity contribution in [2.75, 3.05) is 33.4 Å². The molecule has 1 aromatic carbocycles. The summed E-state index contributed by atoms with van der Waals surface area (Å²) >= 11 is 0. The second kappa shape index (κ2) is 10.9. The van der Waals surface area contributed by atoms with Crippen molar-refractivity contribution in [3.8, 4) is 0 Å². The molecule has 2 amide bonds. The summed E-state index contributed by atoms with van der Waals surface area (Å²) in [6, 6.07) is 5.23. The number of ether oxygens (including phenoxy) is 1. The third kappa shape index (κ3) is 5.43. The summed E-state index contributed by atoms with van der Waals surface area (Å²) in [5.74, 6) is 0.762. The van der Waals surface area contributed by atoms with Crippen molar-refractivity contribution in [1.82, 2.24) is 19.8 Å². The molecule has 0 radical (unpaired) electrons. The van der Waals surface area contributed by atoms with E-state index < -0.39 is 0 Å². The molecular formula is C25H34N4O4. The Labute approximate surface area is 194 Å². The number of amides is 2. The molecule has 178 valence electrons. The highest BCUT2D eigenvalue weighted by molar-refractivity contribution is 5.97. The molecule has 1 saturated heterocycles. The van der Waals surface area contributed by atoms with Gasteiger partial charge < -0.3 is 15.0 Å². The molecule has 1 aromatic heterocycles. The number of fused-ring (bicyclic) bond motifs is 2. The lowest BCUT2D eigenvalue weighted by atomic mass is 9.95. The summed E-state index contributed by atoms with van der Waals surface area (Å²) in [5, 5.41) is 3.53. The Morgan fingerprint density at radius 1 is 1.12 bits per heavy atom. The second-order valence-corrected chi connectivity index (χ2v) is 9.08. The number of carbonyl (C=O) groups excluding carboxylic acids is 2. The van der Waals surface area contributed by atoms with Gasteiger partial charge in [-0.05, 0) is 50.3 Å². The number of hydrogen-bond donors (Lipinski definition) is 1. The number of aryl methyl sites for hydroxylation is 1. The van der Waals surface area contributed by atoms with Gasteiger partial charge in [-0.2, -0.15) is 0 Å². The summed E-state index contributed by atoms with van der Waals surface area (Å²) in [6.07, 6.45) is 7.23. The molecule has 0 atom stereocenters. The smallest absolute Gasteiger partial charge is 0.261 e. The lowest BCUT2D eigenvalue weighted by Gasteiger charge is -2.31. The molecule has 1 fully saturated rings. The average molecular weight is 455 g/mol. The molecular weight excluding hydrogens is 420 g/mol. The lowest BCUT2D eigenvalue weighted by molar-refractivity contribution is -0.126. The molecule has 0 saturated carbocycles. The first-order chi connectivity index (χ1) is 16.1. The third-order valence-electron chi connectivity index (χ3n) is 6.79. The number of likely N-dealkylation sites (tertiary alicyclic amines) is 1. The van der Waals surface area contributed by atoms with E-state index in [-0.39, 0.29) is 23.3 Å². The first kappa shape index (κ1) is 23.4. The van der Waals surface area contributed by atoms with Gasteiger partial charge in [-0.25, -0.2) is 4.98 Å². The van der Waals surface area contributed by atoms with E-state index in [0.29, 0.717) is 62.1 Å². The van der Waals surface area contributed by atoms with Crippen LogP contribution in [-0.4, -0.2) is 59.6 Å². The predicted octanol–water partition coefficient (Wildman–Crippen LogP) is 2.52. The summed E-state index contributed by atoms with van der Waals surface area (Å²) in [4.78, 5) is 45.1. The number of carbonyl (C=O) groups is 2. The molecule has 2 aromatic rings. The lowest BCUT2D eigenvalue weighted by Crippen LogP contribution is -2.43. The Kier molecular flexibility index (Phi) is 7.75. The number of nitrogens with zero attached hydrogens (tertiary/aromatic N) is 3. The highest BCUT2D eigenvalue weighted by Crippen LogP contribution is 2.21. The summed E-state index contributed by atoms with van der Waals surface area (Å²) < 4.78 is 6.82. The van der Waals surface area contributed by atoms with Gasteiger partial charge in [-0.1, -0.05) is 12.8 Å². The van der Waals surface area contributed by atoms with Crippen molar-refractivity contribution in [1.29, 1.82) is 0 Å². The fourth-order valence-corrected chi connectivity index (χ4v) is 4.83. The van der Waals surface area contributed by atoms with Crippen LogP contribution >= 0.6 is 0 Å². The summed E-state index contributed by atoms with van der Waals surface area (Å²) in [6.45, 7) is 3.05. The molecule has 0 spiro atoms. The van der Waals surface area contributed by atoms with Gasteiger partial charge >= 0.3 is 0 Å². The Hall–Kier alpha value is -2.74. The van der Waals surface area contributed by atoms with Crippen LogP contribution in [0.15, 0.2) is 23.0 Å². The number of piperidine rings is 1. The van der Waals surface area contributed by atoms with E-state index in [1.807, 2.05) is 4.57 Å². The SMILES string of the molecule is COCCCNC(=O)C1CCN(C(=O)c2ccc3c(=O)n4c(nc3c2)CCCCCC4)CC1. The number of nitrogens with one attached hydrogen (secondary N) is 1. The largest absolute Gasteiger partial charge is 0.385 e. The topological polar surface area (TPSA) is 93.5 Å². The van der Waals surface area contributed by atoms with E-state index in [9.17, 15) is 14.4 Å². The van der Waals surface area contributed by atoms with E-state index >= 15 is 0 Å². The van der Waals surface area contributed by atoms with Crippen molar-refractivity contribution >= 4 is 22.7 Å². The maximum Gasteiger partial charge on any atom is 0.261 e. The Morgan fingerprint density at radius 2 is 1.91 bits per heavy atom. The van der Waals surface area contributed by atoms with Gasteiger partial charge in [0, 0.05) is 57.8 Å². The van der Waals surface area contributed by atoms with Crippen molar-refractivity contribution in [2.45, 2.75) is 57.9 Å². The summed E-state index contributed by atoms with van der Waals surface area (Å²) in [5.41, 5.74) is 1.14. The molecule has 2 aliphatic rings. The van der Waals surface area contributed by atoms with Gasteiger partial charge in [0.15, 0.2) is 0 Å². The third-order valence-corrected chi connectivity index (χ3v) is 6.79. The van der Waals surface area contributed by atoms with Crippen LogP contribution in [-0.2, 0) is 22.5 Å². The quantitative estimate of drug-likeness (QED) is 0.677. The van der Waals surface area contributed by atoms with Crippen molar-refractivity contribution in [3.63, 3.8) is 0 Å². The molecule has 0 unspecified atom stereocenters. The Bertz CT molecular complexity index is 1060. The number of benzene rings is 1. The van der Waals surface area contributed by atoms with Gasteiger partial charge in [0.1, 0.15) is 5.82 Å². The average Bonchev–Trinajstić information content (AvgIpc) is 2.82. The maximum absolute atomic E-state index is 13.1. The maximum atomic E-state index is 13.1.